The van der Waals surface area contributed by atoms with Crippen LogP contribution >= 0.6 is 0 Å². The van der Waals surface area contributed by atoms with E-state index in [4.69, 9.17) is 0 Å². The largest absolute Gasteiger partial charge is 0.0516 e. The number of hydrogen-bond donors (Lipinski definition) is 0. The Labute approximate surface area is 702 Å². The lowest BCUT2D eigenvalue weighted by Crippen LogP contribution is -2.19. The molecule has 610 valence electrons. The zero-order valence-electron chi connectivity index (χ0n) is 82.5. The summed E-state index contributed by atoms with van der Waals surface area (Å²) in [5, 5.41) is 0. The van der Waals surface area contributed by atoms with Crippen LogP contribution in [0.3, 0.4) is 0 Å². The van der Waals surface area contributed by atoms with Crippen molar-refractivity contribution in [2.45, 2.75) is 373 Å². The first-order chi connectivity index (χ1) is 52.6. The molecule has 0 radical (unpaired) electrons. The van der Waals surface area contributed by atoms with Gasteiger partial charge < -0.3 is 0 Å². The molecule has 115 heavy (non-hydrogen) atoms. The van der Waals surface area contributed by atoms with Crippen LogP contribution in [0.2, 0.25) is 0 Å². The molecule has 0 saturated carbocycles. The van der Waals surface area contributed by atoms with Crippen LogP contribution in [0.4, 0.5) is 0 Å². The Kier molecular flexibility index (Phi) is 22.0. The molecule has 0 fully saturated rings. The minimum Gasteiger partial charge on any atom is -0.0516 e. The van der Waals surface area contributed by atoms with Crippen LogP contribution in [0.1, 0.15) is 347 Å². The molecule has 0 heteroatoms. The Morgan fingerprint density at radius 2 is 0.130 bits per heavy atom. The minimum atomic E-state index is 0.0886. The van der Waals surface area contributed by atoms with Crippen molar-refractivity contribution >= 4 is 0 Å². The van der Waals surface area contributed by atoms with Crippen molar-refractivity contribution in [3.8, 4) is 55.6 Å². The first-order valence-electron chi connectivity index (χ1n) is 43.8. The van der Waals surface area contributed by atoms with E-state index in [2.05, 4.69) is 346 Å². The molecular formula is C115H150. The lowest BCUT2D eigenvalue weighted by molar-refractivity contribution is 0.648. The summed E-state index contributed by atoms with van der Waals surface area (Å²) >= 11 is 0. The van der Waals surface area contributed by atoms with Crippen molar-refractivity contribution in [2.24, 2.45) is 0 Å². The number of rotatable bonds is 0. The van der Waals surface area contributed by atoms with Gasteiger partial charge in [0, 0.05) is 27.1 Å². The maximum absolute atomic E-state index is 2.42. The third kappa shape index (κ3) is 11.8. The molecule has 0 aromatic heterocycles. The van der Waals surface area contributed by atoms with Gasteiger partial charge >= 0.3 is 0 Å². The van der Waals surface area contributed by atoms with Crippen LogP contribution in [0, 0.1) is 277 Å². The van der Waals surface area contributed by atoms with Crippen molar-refractivity contribution < 1.29 is 0 Å². The Bertz CT molecular complexity index is 4800. The standard InChI is InChI=1S/5C23H30/c5*1-11-13(3)17(7)21-19(15(11)5)20-16(6)12(2)14(4)18(8)22(20)23(21,9)10/h5*1-10H3. The molecule has 0 bridgehead atoms. The van der Waals surface area contributed by atoms with E-state index >= 15 is 0 Å². The third-order valence-electron chi connectivity index (χ3n) is 34.4. The van der Waals surface area contributed by atoms with Crippen molar-refractivity contribution in [3.63, 3.8) is 0 Å². The summed E-state index contributed by atoms with van der Waals surface area (Å²) in [5.41, 5.74) is 90.1. The van der Waals surface area contributed by atoms with Gasteiger partial charge in [0.2, 0.25) is 0 Å². The molecular weight excluding hydrogens is 1380 g/mol. The fourth-order valence-electron chi connectivity index (χ4n) is 24.7. The predicted octanol–water partition coefficient (Wildman–Crippen LogP) is 32.3. The first kappa shape index (κ1) is 88.0. The zero-order valence-corrected chi connectivity index (χ0v) is 82.5. The topological polar surface area (TPSA) is 0 Å². The normalized spacial score (nSPS) is 14.9. The van der Waals surface area contributed by atoms with Gasteiger partial charge in [-0.05, 0) is 611 Å². The van der Waals surface area contributed by atoms with Gasteiger partial charge in [0.25, 0.3) is 0 Å². The second kappa shape index (κ2) is 28.7. The summed E-state index contributed by atoms with van der Waals surface area (Å²) in [4.78, 5) is 0. The highest BCUT2D eigenvalue weighted by Crippen LogP contribution is 2.62. The monoisotopic (exact) mass is 1530 g/mol. The molecule has 0 unspecified atom stereocenters. The molecule has 0 aliphatic heterocycles. The zero-order chi connectivity index (χ0) is 87.1. The van der Waals surface area contributed by atoms with Crippen molar-refractivity contribution in [1.82, 2.24) is 0 Å². The second-order valence-electron chi connectivity index (χ2n) is 40.6. The Hall–Kier alpha value is -7.80. The summed E-state index contributed by atoms with van der Waals surface area (Å²) in [6.45, 7) is 116. The maximum Gasteiger partial charge on any atom is 0.0164 e. The summed E-state index contributed by atoms with van der Waals surface area (Å²) in [7, 11) is 0. The summed E-state index contributed by atoms with van der Waals surface area (Å²) < 4.78 is 0. The van der Waals surface area contributed by atoms with Crippen LogP contribution in [-0.2, 0) is 27.1 Å². The molecule has 0 N–H and O–H groups in total. The Morgan fingerprint density at radius 3 is 0.191 bits per heavy atom. The SMILES string of the molecule is Cc1c(C)c(C)c2c(c1C)-c1c(C)c(C)c(C)c(C)c1C2(C)C.Cc1c(C)c(C)c2c(c1C)-c1c(C)c(C)c(C)c(C)c1C2(C)C.Cc1c(C)c(C)c2c(c1C)-c1c(C)c(C)c(C)c(C)c1C2(C)C.Cc1c(C)c(C)c2c(c1C)-c1c(C)c(C)c(C)c(C)c1C2(C)C.Cc1c(C)c(C)c2c(c1C)-c1c(C)c(C)c(C)c(C)c1C2(C)C. The molecule has 10 aromatic rings. The Morgan fingerprint density at radius 1 is 0.0783 bits per heavy atom. The van der Waals surface area contributed by atoms with Crippen molar-refractivity contribution in [2.75, 3.05) is 0 Å². The maximum atomic E-state index is 2.42. The quantitative estimate of drug-likeness (QED) is 0.142. The molecule has 5 aliphatic carbocycles. The second-order valence-corrected chi connectivity index (χ2v) is 40.6. The van der Waals surface area contributed by atoms with Crippen LogP contribution in [0.25, 0.3) is 55.6 Å². The van der Waals surface area contributed by atoms with Crippen molar-refractivity contribution in [1.29, 1.82) is 0 Å². The highest BCUT2D eigenvalue weighted by atomic mass is 14.5. The number of fused-ring (bicyclic) bond motifs is 15. The average Bonchev–Trinajstić information content (AvgIpc) is 1.57. The molecule has 0 heterocycles. The summed E-state index contributed by atoms with van der Waals surface area (Å²) in [6, 6.07) is 0. The van der Waals surface area contributed by atoms with Crippen molar-refractivity contribution in [3.05, 3.63) is 278 Å². The van der Waals surface area contributed by atoms with Gasteiger partial charge in [0.05, 0.1) is 0 Å². The number of hydrogen-bond acceptors (Lipinski definition) is 0. The fourth-order valence-corrected chi connectivity index (χ4v) is 24.7. The third-order valence-corrected chi connectivity index (χ3v) is 34.4. The minimum absolute atomic E-state index is 0.0886. The molecule has 0 saturated heterocycles. The van der Waals surface area contributed by atoms with Gasteiger partial charge in [0.1, 0.15) is 0 Å². The van der Waals surface area contributed by atoms with Crippen LogP contribution < -0.4 is 0 Å². The summed E-state index contributed by atoms with van der Waals surface area (Å²) in [5.74, 6) is 0. The molecule has 0 amide bonds. The fraction of sp³-hybridized carbons (Fsp3) is 0.478. The van der Waals surface area contributed by atoms with E-state index in [-0.39, 0.29) is 27.1 Å². The molecule has 0 spiro atoms. The molecule has 0 nitrogen and oxygen atoms in total. The van der Waals surface area contributed by atoms with E-state index in [0.29, 0.717) is 0 Å². The van der Waals surface area contributed by atoms with Gasteiger partial charge in [-0.3, -0.25) is 0 Å². The molecule has 10 aromatic carbocycles. The predicted molar refractivity (Wildman–Crippen MR) is 510 cm³/mol. The van der Waals surface area contributed by atoms with Gasteiger partial charge in [-0.15, -0.1) is 0 Å². The highest BCUT2D eigenvalue weighted by molar-refractivity contribution is 5.95. The van der Waals surface area contributed by atoms with Gasteiger partial charge in [-0.25, -0.2) is 0 Å². The van der Waals surface area contributed by atoms with E-state index < -0.39 is 0 Å². The first-order valence-corrected chi connectivity index (χ1v) is 43.8. The summed E-state index contributed by atoms with van der Waals surface area (Å²) in [6.07, 6.45) is 0. The van der Waals surface area contributed by atoms with Gasteiger partial charge in [-0.2, -0.15) is 0 Å². The van der Waals surface area contributed by atoms with Crippen LogP contribution in [0.15, 0.2) is 0 Å². The molecule has 15 rings (SSSR count). The van der Waals surface area contributed by atoms with E-state index in [1.807, 2.05) is 0 Å². The smallest absolute Gasteiger partial charge is 0.0164 e. The number of benzene rings is 10. The van der Waals surface area contributed by atoms with Gasteiger partial charge in [0.15, 0.2) is 0 Å². The van der Waals surface area contributed by atoms with Crippen LogP contribution in [-0.4, -0.2) is 0 Å². The average molecular weight is 1530 g/mol. The van der Waals surface area contributed by atoms with E-state index in [1.165, 1.54) is 278 Å². The van der Waals surface area contributed by atoms with Crippen LogP contribution in [0.5, 0.6) is 0 Å². The van der Waals surface area contributed by atoms with E-state index in [9.17, 15) is 0 Å². The molecule has 5 aliphatic rings. The Balaban J connectivity index is 0.000000142. The van der Waals surface area contributed by atoms with E-state index in [0.717, 1.165) is 0 Å². The lowest BCUT2D eigenvalue weighted by atomic mass is 9.76. The highest BCUT2D eigenvalue weighted by Gasteiger charge is 2.48. The van der Waals surface area contributed by atoms with Gasteiger partial charge in [-0.1, -0.05) is 69.2 Å². The lowest BCUT2D eigenvalue weighted by Gasteiger charge is -2.28. The van der Waals surface area contributed by atoms with E-state index in [1.54, 1.807) is 55.6 Å². The molecule has 0 atom stereocenters.